The SMILES string of the molecule is COc1c(Br)cc(C)c(C)c1C1(N)CCCC1. The van der Waals surface area contributed by atoms with Crippen molar-refractivity contribution in [2.75, 3.05) is 7.11 Å². The van der Waals surface area contributed by atoms with Crippen molar-refractivity contribution < 1.29 is 4.74 Å². The van der Waals surface area contributed by atoms with Crippen molar-refractivity contribution in [2.24, 2.45) is 5.73 Å². The Hall–Kier alpha value is -0.540. The Morgan fingerprint density at radius 3 is 2.41 bits per heavy atom. The van der Waals surface area contributed by atoms with E-state index in [1.165, 1.54) is 29.5 Å². The highest BCUT2D eigenvalue weighted by atomic mass is 79.9. The summed E-state index contributed by atoms with van der Waals surface area (Å²) in [7, 11) is 1.72. The Labute approximate surface area is 112 Å². The predicted molar refractivity (Wildman–Crippen MR) is 74.5 cm³/mol. The van der Waals surface area contributed by atoms with Crippen LogP contribution in [0.3, 0.4) is 0 Å². The van der Waals surface area contributed by atoms with Crippen molar-refractivity contribution in [3.63, 3.8) is 0 Å². The minimum Gasteiger partial charge on any atom is -0.495 e. The number of rotatable bonds is 2. The van der Waals surface area contributed by atoms with Gasteiger partial charge >= 0.3 is 0 Å². The van der Waals surface area contributed by atoms with Crippen LogP contribution in [0.4, 0.5) is 0 Å². The van der Waals surface area contributed by atoms with Gasteiger partial charge in [0.15, 0.2) is 0 Å². The number of aryl methyl sites for hydroxylation is 1. The van der Waals surface area contributed by atoms with Gasteiger partial charge in [0.2, 0.25) is 0 Å². The first-order chi connectivity index (χ1) is 7.99. The molecule has 17 heavy (non-hydrogen) atoms. The monoisotopic (exact) mass is 297 g/mol. The second kappa shape index (κ2) is 4.62. The zero-order valence-corrected chi connectivity index (χ0v) is 12.4. The van der Waals surface area contributed by atoms with Crippen molar-refractivity contribution >= 4 is 15.9 Å². The van der Waals surface area contributed by atoms with Crippen LogP contribution in [0.15, 0.2) is 10.5 Å². The molecule has 0 spiro atoms. The smallest absolute Gasteiger partial charge is 0.138 e. The molecular weight excluding hydrogens is 278 g/mol. The number of benzene rings is 1. The summed E-state index contributed by atoms with van der Waals surface area (Å²) in [6.45, 7) is 4.27. The van der Waals surface area contributed by atoms with Gasteiger partial charge in [-0.3, -0.25) is 0 Å². The van der Waals surface area contributed by atoms with E-state index >= 15 is 0 Å². The quantitative estimate of drug-likeness (QED) is 0.901. The summed E-state index contributed by atoms with van der Waals surface area (Å²) in [6.07, 6.45) is 4.54. The van der Waals surface area contributed by atoms with E-state index in [-0.39, 0.29) is 5.54 Å². The molecule has 1 aromatic rings. The third kappa shape index (κ3) is 2.11. The van der Waals surface area contributed by atoms with E-state index in [9.17, 15) is 0 Å². The number of hydrogen-bond acceptors (Lipinski definition) is 2. The number of hydrogen-bond donors (Lipinski definition) is 1. The molecule has 0 radical (unpaired) electrons. The zero-order chi connectivity index (χ0) is 12.6. The Bertz CT molecular complexity index is 436. The van der Waals surface area contributed by atoms with Gasteiger partial charge < -0.3 is 10.5 Å². The van der Waals surface area contributed by atoms with Gasteiger partial charge in [-0.05, 0) is 59.8 Å². The van der Waals surface area contributed by atoms with Gasteiger partial charge in [-0.2, -0.15) is 0 Å². The van der Waals surface area contributed by atoms with E-state index in [0.29, 0.717) is 0 Å². The first kappa shape index (κ1) is 12.9. The summed E-state index contributed by atoms with van der Waals surface area (Å²) < 4.78 is 6.57. The Morgan fingerprint density at radius 1 is 1.29 bits per heavy atom. The second-order valence-electron chi connectivity index (χ2n) is 5.07. The number of ether oxygens (including phenoxy) is 1. The lowest BCUT2D eigenvalue weighted by Crippen LogP contribution is -2.34. The molecule has 2 N–H and O–H groups in total. The third-order valence-electron chi connectivity index (χ3n) is 3.95. The molecule has 1 aromatic carbocycles. The topological polar surface area (TPSA) is 35.2 Å². The maximum absolute atomic E-state index is 6.59. The molecule has 1 aliphatic carbocycles. The molecule has 3 heteroatoms. The first-order valence-electron chi connectivity index (χ1n) is 6.12. The van der Waals surface area contributed by atoms with Crippen molar-refractivity contribution in [3.05, 3.63) is 27.2 Å². The normalized spacial score (nSPS) is 18.4. The van der Waals surface area contributed by atoms with Crippen LogP contribution in [0.25, 0.3) is 0 Å². The maximum atomic E-state index is 6.59. The van der Waals surface area contributed by atoms with Crippen molar-refractivity contribution in [1.29, 1.82) is 0 Å². The van der Waals surface area contributed by atoms with Gasteiger partial charge in [-0.25, -0.2) is 0 Å². The van der Waals surface area contributed by atoms with Crippen LogP contribution in [0.2, 0.25) is 0 Å². The van der Waals surface area contributed by atoms with Crippen molar-refractivity contribution in [2.45, 2.75) is 45.1 Å². The van der Waals surface area contributed by atoms with Gasteiger partial charge in [0.05, 0.1) is 11.6 Å². The highest BCUT2D eigenvalue weighted by Gasteiger charge is 2.36. The molecule has 0 saturated heterocycles. The molecule has 1 aliphatic rings. The number of methoxy groups -OCH3 is 1. The lowest BCUT2D eigenvalue weighted by Gasteiger charge is -2.29. The largest absolute Gasteiger partial charge is 0.495 e. The van der Waals surface area contributed by atoms with Gasteiger partial charge in [-0.15, -0.1) is 0 Å². The summed E-state index contributed by atoms with van der Waals surface area (Å²) >= 11 is 3.58. The molecule has 2 rings (SSSR count). The summed E-state index contributed by atoms with van der Waals surface area (Å²) in [6, 6.07) is 2.11. The molecule has 0 aliphatic heterocycles. The van der Waals surface area contributed by atoms with Gasteiger partial charge in [0, 0.05) is 11.1 Å². The van der Waals surface area contributed by atoms with E-state index in [1.54, 1.807) is 7.11 Å². The molecule has 0 atom stereocenters. The fourth-order valence-electron chi connectivity index (χ4n) is 2.91. The standard InChI is InChI=1S/C14H20BrNO/c1-9-8-11(15)13(17-3)12(10(9)2)14(16)6-4-5-7-14/h8H,4-7,16H2,1-3H3. The van der Waals surface area contributed by atoms with E-state index in [1.807, 2.05) is 0 Å². The van der Waals surface area contributed by atoms with Gasteiger partial charge in [-0.1, -0.05) is 12.8 Å². The minimum atomic E-state index is -0.204. The third-order valence-corrected chi connectivity index (χ3v) is 4.54. The van der Waals surface area contributed by atoms with E-state index < -0.39 is 0 Å². The molecule has 1 fully saturated rings. The molecule has 1 saturated carbocycles. The highest BCUT2D eigenvalue weighted by molar-refractivity contribution is 9.10. The average Bonchev–Trinajstić information content (AvgIpc) is 2.71. The fourth-order valence-corrected chi connectivity index (χ4v) is 3.61. The Balaban J connectivity index is 2.65. The molecule has 0 aromatic heterocycles. The highest BCUT2D eigenvalue weighted by Crippen LogP contribution is 2.45. The molecule has 2 nitrogen and oxygen atoms in total. The molecular formula is C14H20BrNO. The lowest BCUT2D eigenvalue weighted by molar-refractivity contribution is 0.375. The van der Waals surface area contributed by atoms with E-state index in [4.69, 9.17) is 10.5 Å². The maximum Gasteiger partial charge on any atom is 0.138 e. The Kier molecular flexibility index (Phi) is 3.50. The molecule has 0 bridgehead atoms. The van der Waals surface area contributed by atoms with Crippen LogP contribution < -0.4 is 10.5 Å². The van der Waals surface area contributed by atoms with Crippen LogP contribution >= 0.6 is 15.9 Å². The van der Waals surface area contributed by atoms with E-state index in [0.717, 1.165) is 23.1 Å². The number of nitrogens with two attached hydrogens (primary N) is 1. The minimum absolute atomic E-state index is 0.204. The first-order valence-corrected chi connectivity index (χ1v) is 6.92. The van der Waals surface area contributed by atoms with Gasteiger partial charge in [0.25, 0.3) is 0 Å². The molecule has 0 unspecified atom stereocenters. The Morgan fingerprint density at radius 2 is 1.88 bits per heavy atom. The fraction of sp³-hybridized carbons (Fsp3) is 0.571. The zero-order valence-electron chi connectivity index (χ0n) is 10.8. The summed E-state index contributed by atoms with van der Waals surface area (Å²) in [4.78, 5) is 0. The van der Waals surface area contributed by atoms with Crippen LogP contribution in [0.1, 0.15) is 42.4 Å². The van der Waals surface area contributed by atoms with Crippen LogP contribution in [0, 0.1) is 13.8 Å². The molecule has 94 valence electrons. The predicted octanol–water partition coefficient (Wildman–Crippen LogP) is 3.80. The summed E-state index contributed by atoms with van der Waals surface area (Å²) in [5.74, 6) is 0.914. The summed E-state index contributed by atoms with van der Waals surface area (Å²) in [5.41, 5.74) is 10.1. The van der Waals surface area contributed by atoms with Crippen LogP contribution in [0.5, 0.6) is 5.75 Å². The van der Waals surface area contributed by atoms with Crippen molar-refractivity contribution in [1.82, 2.24) is 0 Å². The van der Waals surface area contributed by atoms with Crippen molar-refractivity contribution in [3.8, 4) is 5.75 Å². The van der Waals surface area contributed by atoms with Crippen LogP contribution in [-0.2, 0) is 5.54 Å². The molecule has 0 heterocycles. The second-order valence-corrected chi connectivity index (χ2v) is 5.93. The van der Waals surface area contributed by atoms with Crippen LogP contribution in [-0.4, -0.2) is 7.11 Å². The summed E-state index contributed by atoms with van der Waals surface area (Å²) in [5, 5.41) is 0. The number of halogens is 1. The lowest BCUT2D eigenvalue weighted by atomic mass is 9.84. The van der Waals surface area contributed by atoms with E-state index in [2.05, 4.69) is 35.8 Å². The average molecular weight is 298 g/mol. The van der Waals surface area contributed by atoms with Gasteiger partial charge in [0.1, 0.15) is 5.75 Å². The molecule has 0 amide bonds.